The highest BCUT2D eigenvalue weighted by molar-refractivity contribution is 6.29. The number of hydrogen-bond donors (Lipinski definition) is 2. The number of phenols is 1. The summed E-state index contributed by atoms with van der Waals surface area (Å²) in [5.74, 6) is -0.141. The lowest BCUT2D eigenvalue weighted by molar-refractivity contribution is 0.0935. The van der Waals surface area contributed by atoms with Gasteiger partial charge in [0.2, 0.25) is 0 Å². The van der Waals surface area contributed by atoms with E-state index in [9.17, 15) is 9.90 Å². The number of nitrogens with one attached hydrogen (secondary N) is 1. The molecule has 1 atom stereocenters. The van der Waals surface area contributed by atoms with E-state index in [4.69, 9.17) is 11.6 Å². The number of halogens is 1. The van der Waals surface area contributed by atoms with E-state index in [1.807, 2.05) is 13.0 Å². The van der Waals surface area contributed by atoms with Crippen LogP contribution in [0.5, 0.6) is 5.75 Å². The maximum atomic E-state index is 12.0. The summed E-state index contributed by atoms with van der Waals surface area (Å²) in [4.78, 5) is 15.9. The Balaban J connectivity index is 2.11. The van der Waals surface area contributed by atoms with Crippen molar-refractivity contribution in [1.29, 1.82) is 0 Å². The molecule has 1 heterocycles. The second-order valence-corrected chi connectivity index (χ2v) is 4.52. The quantitative estimate of drug-likeness (QED) is 0.847. The minimum absolute atomic E-state index is 0.166. The zero-order valence-corrected chi connectivity index (χ0v) is 11.1. The highest BCUT2D eigenvalue weighted by Gasteiger charge is 2.13. The molecule has 0 saturated heterocycles. The average molecular weight is 277 g/mol. The SMILES string of the molecule is CC(NC(=O)c1cccc(Cl)n1)c1cccc(O)c1. The third-order valence-electron chi connectivity index (χ3n) is 2.67. The summed E-state index contributed by atoms with van der Waals surface area (Å²) in [7, 11) is 0. The van der Waals surface area contributed by atoms with Gasteiger partial charge in [-0.3, -0.25) is 4.79 Å². The van der Waals surface area contributed by atoms with Crippen LogP contribution in [0.2, 0.25) is 5.15 Å². The van der Waals surface area contributed by atoms with Crippen LogP contribution in [0, 0.1) is 0 Å². The lowest BCUT2D eigenvalue weighted by atomic mass is 10.1. The fourth-order valence-corrected chi connectivity index (χ4v) is 1.85. The van der Waals surface area contributed by atoms with E-state index in [1.165, 1.54) is 0 Å². The molecule has 0 radical (unpaired) electrons. The van der Waals surface area contributed by atoms with Crippen LogP contribution in [-0.4, -0.2) is 16.0 Å². The van der Waals surface area contributed by atoms with Gasteiger partial charge in [-0.2, -0.15) is 0 Å². The molecule has 0 aliphatic heterocycles. The van der Waals surface area contributed by atoms with Crippen molar-refractivity contribution >= 4 is 17.5 Å². The van der Waals surface area contributed by atoms with Crippen LogP contribution < -0.4 is 5.32 Å². The van der Waals surface area contributed by atoms with Crippen molar-refractivity contribution in [2.24, 2.45) is 0 Å². The first-order valence-electron chi connectivity index (χ1n) is 5.78. The van der Waals surface area contributed by atoms with E-state index < -0.39 is 0 Å². The second kappa shape index (κ2) is 5.71. The number of aromatic hydroxyl groups is 1. The van der Waals surface area contributed by atoms with Gasteiger partial charge >= 0.3 is 0 Å². The van der Waals surface area contributed by atoms with Gasteiger partial charge in [-0.05, 0) is 36.8 Å². The first-order valence-corrected chi connectivity index (χ1v) is 6.16. The third-order valence-corrected chi connectivity index (χ3v) is 2.88. The Morgan fingerprint density at radius 1 is 1.32 bits per heavy atom. The molecule has 1 aromatic carbocycles. The van der Waals surface area contributed by atoms with Crippen LogP contribution in [0.1, 0.15) is 29.0 Å². The summed E-state index contributed by atoms with van der Waals surface area (Å²) >= 11 is 5.74. The number of phenolic OH excluding ortho intramolecular Hbond substituents is 1. The van der Waals surface area contributed by atoms with E-state index in [2.05, 4.69) is 10.3 Å². The summed E-state index contributed by atoms with van der Waals surface area (Å²) < 4.78 is 0. The predicted molar refractivity (Wildman–Crippen MR) is 73.2 cm³/mol. The molecule has 0 aliphatic carbocycles. The number of rotatable bonds is 3. The van der Waals surface area contributed by atoms with Crippen LogP contribution in [0.4, 0.5) is 0 Å². The first kappa shape index (κ1) is 13.4. The number of carbonyl (C=O) groups is 1. The number of hydrogen-bond acceptors (Lipinski definition) is 3. The molecule has 0 fully saturated rings. The van der Waals surface area contributed by atoms with Crippen molar-refractivity contribution in [2.45, 2.75) is 13.0 Å². The van der Waals surface area contributed by atoms with Crippen molar-refractivity contribution in [3.05, 3.63) is 58.9 Å². The number of nitrogens with zero attached hydrogens (tertiary/aromatic N) is 1. The summed E-state index contributed by atoms with van der Waals surface area (Å²) in [5, 5.41) is 12.5. The molecule has 1 unspecified atom stereocenters. The van der Waals surface area contributed by atoms with Crippen LogP contribution in [0.25, 0.3) is 0 Å². The Morgan fingerprint density at radius 2 is 2.05 bits per heavy atom. The van der Waals surface area contributed by atoms with Crippen LogP contribution in [-0.2, 0) is 0 Å². The predicted octanol–water partition coefficient (Wildman–Crippen LogP) is 2.93. The molecule has 2 rings (SSSR count). The van der Waals surface area contributed by atoms with Crippen molar-refractivity contribution in [1.82, 2.24) is 10.3 Å². The molecule has 1 aromatic heterocycles. The fourth-order valence-electron chi connectivity index (χ4n) is 1.68. The molecular weight excluding hydrogens is 264 g/mol. The Kier molecular flexibility index (Phi) is 4.02. The third kappa shape index (κ3) is 3.45. The van der Waals surface area contributed by atoms with E-state index >= 15 is 0 Å². The molecular formula is C14H13ClN2O2. The summed E-state index contributed by atoms with van der Waals surface area (Å²) in [5.41, 5.74) is 1.08. The van der Waals surface area contributed by atoms with Crippen molar-refractivity contribution in [3.8, 4) is 5.75 Å². The van der Waals surface area contributed by atoms with Gasteiger partial charge in [-0.25, -0.2) is 4.98 Å². The molecule has 0 bridgehead atoms. The highest BCUT2D eigenvalue weighted by atomic mass is 35.5. The monoisotopic (exact) mass is 276 g/mol. The lowest BCUT2D eigenvalue weighted by Gasteiger charge is -2.14. The number of benzene rings is 1. The Hall–Kier alpha value is -2.07. The van der Waals surface area contributed by atoms with Gasteiger partial charge in [0.15, 0.2) is 0 Å². The van der Waals surface area contributed by atoms with Gasteiger partial charge in [0.05, 0.1) is 6.04 Å². The normalized spacial score (nSPS) is 11.9. The summed E-state index contributed by atoms with van der Waals surface area (Å²) in [6.45, 7) is 1.83. The topological polar surface area (TPSA) is 62.2 Å². The first-order chi connectivity index (χ1) is 9.06. The fraction of sp³-hybridized carbons (Fsp3) is 0.143. The number of pyridine rings is 1. The standard InChI is InChI=1S/C14H13ClN2O2/c1-9(10-4-2-5-11(18)8-10)16-14(19)12-6-3-7-13(15)17-12/h2-9,18H,1H3,(H,16,19). The van der Waals surface area contributed by atoms with Gasteiger partial charge in [0.1, 0.15) is 16.6 Å². The molecule has 0 saturated carbocycles. The van der Waals surface area contributed by atoms with Crippen molar-refractivity contribution in [2.75, 3.05) is 0 Å². The van der Waals surface area contributed by atoms with Crippen LogP contribution in [0.3, 0.4) is 0 Å². The van der Waals surface area contributed by atoms with E-state index in [1.54, 1.807) is 36.4 Å². The van der Waals surface area contributed by atoms with Crippen molar-refractivity contribution in [3.63, 3.8) is 0 Å². The number of amides is 1. The number of aromatic nitrogens is 1. The van der Waals surface area contributed by atoms with Gasteiger partial charge in [-0.15, -0.1) is 0 Å². The molecule has 2 N–H and O–H groups in total. The minimum atomic E-state index is -0.307. The van der Waals surface area contributed by atoms with Gasteiger partial charge in [-0.1, -0.05) is 29.8 Å². The molecule has 5 heteroatoms. The molecule has 0 spiro atoms. The van der Waals surface area contributed by atoms with Gasteiger partial charge in [0.25, 0.3) is 5.91 Å². The van der Waals surface area contributed by atoms with Gasteiger partial charge in [0, 0.05) is 0 Å². The molecule has 1 amide bonds. The summed E-state index contributed by atoms with van der Waals surface area (Å²) in [6, 6.07) is 11.4. The molecule has 19 heavy (non-hydrogen) atoms. The minimum Gasteiger partial charge on any atom is -0.508 e. The van der Waals surface area contributed by atoms with E-state index in [-0.39, 0.29) is 28.5 Å². The van der Waals surface area contributed by atoms with Crippen LogP contribution in [0.15, 0.2) is 42.5 Å². The molecule has 0 aliphatic rings. The van der Waals surface area contributed by atoms with Crippen molar-refractivity contribution < 1.29 is 9.90 Å². The maximum absolute atomic E-state index is 12.0. The molecule has 2 aromatic rings. The molecule has 4 nitrogen and oxygen atoms in total. The highest BCUT2D eigenvalue weighted by Crippen LogP contribution is 2.18. The Bertz CT molecular complexity index is 602. The maximum Gasteiger partial charge on any atom is 0.270 e. The van der Waals surface area contributed by atoms with Crippen LogP contribution >= 0.6 is 11.6 Å². The Labute approximate surface area is 116 Å². The number of carbonyl (C=O) groups excluding carboxylic acids is 1. The largest absolute Gasteiger partial charge is 0.508 e. The average Bonchev–Trinajstić information content (AvgIpc) is 2.38. The smallest absolute Gasteiger partial charge is 0.270 e. The second-order valence-electron chi connectivity index (χ2n) is 4.14. The zero-order valence-electron chi connectivity index (χ0n) is 10.3. The molecule has 98 valence electrons. The van der Waals surface area contributed by atoms with E-state index in [0.29, 0.717) is 0 Å². The Morgan fingerprint density at radius 3 is 2.74 bits per heavy atom. The van der Waals surface area contributed by atoms with Gasteiger partial charge < -0.3 is 10.4 Å². The lowest BCUT2D eigenvalue weighted by Crippen LogP contribution is -2.27. The zero-order chi connectivity index (χ0) is 13.8. The summed E-state index contributed by atoms with van der Waals surface area (Å²) in [6.07, 6.45) is 0. The van der Waals surface area contributed by atoms with E-state index in [0.717, 1.165) is 5.56 Å².